The average molecular weight is 299 g/mol. The van der Waals surface area contributed by atoms with Crippen molar-refractivity contribution in [1.82, 2.24) is 15.5 Å². The second-order valence-electron chi connectivity index (χ2n) is 5.65. The second kappa shape index (κ2) is 7.28. The first-order valence-corrected chi connectivity index (χ1v) is 7.42. The van der Waals surface area contributed by atoms with Crippen LogP contribution in [0.4, 0.5) is 4.79 Å². The van der Waals surface area contributed by atoms with Gasteiger partial charge in [-0.05, 0) is 39.5 Å². The minimum absolute atomic E-state index is 0.265. The van der Waals surface area contributed by atoms with Crippen molar-refractivity contribution in [2.45, 2.75) is 58.0 Å². The molecule has 3 amide bonds. The van der Waals surface area contributed by atoms with Gasteiger partial charge in [-0.3, -0.25) is 4.79 Å². The van der Waals surface area contributed by atoms with Crippen molar-refractivity contribution in [3.63, 3.8) is 0 Å². The van der Waals surface area contributed by atoms with Crippen molar-refractivity contribution in [3.05, 3.63) is 0 Å². The Morgan fingerprint density at radius 3 is 2.57 bits per heavy atom. The van der Waals surface area contributed by atoms with E-state index in [9.17, 15) is 19.5 Å². The van der Waals surface area contributed by atoms with Crippen molar-refractivity contribution in [2.24, 2.45) is 0 Å². The highest BCUT2D eigenvalue weighted by Gasteiger charge is 2.44. The number of likely N-dealkylation sites (tertiary alicyclic amines) is 1. The number of carbonyl (C=O) groups excluding carboxylic acids is 2. The lowest BCUT2D eigenvalue weighted by Crippen LogP contribution is -2.61. The summed E-state index contributed by atoms with van der Waals surface area (Å²) in [5.74, 6) is -1.28. The highest BCUT2D eigenvalue weighted by atomic mass is 16.4. The Morgan fingerprint density at radius 2 is 2.00 bits per heavy atom. The third kappa shape index (κ3) is 4.09. The molecule has 1 heterocycles. The van der Waals surface area contributed by atoms with Crippen molar-refractivity contribution in [1.29, 1.82) is 0 Å². The van der Waals surface area contributed by atoms with Crippen molar-refractivity contribution < 1.29 is 19.5 Å². The smallest absolute Gasteiger partial charge is 0.329 e. The normalized spacial score (nSPS) is 23.3. The summed E-state index contributed by atoms with van der Waals surface area (Å²) in [6, 6.07) is -1.19. The van der Waals surface area contributed by atoms with Crippen molar-refractivity contribution >= 4 is 17.9 Å². The first-order chi connectivity index (χ1) is 9.82. The SMILES string of the molecule is CCCNC(=O)C(C)NC(=O)N1CCCCC1(C)C(=O)O. The summed E-state index contributed by atoms with van der Waals surface area (Å²) in [6.45, 7) is 6.02. The lowest BCUT2D eigenvalue weighted by Gasteiger charge is -2.41. The van der Waals surface area contributed by atoms with E-state index in [4.69, 9.17) is 0 Å². The van der Waals surface area contributed by atoms with Crippen LogP contribution in [0.15, 0.2) is 0 Å². The summed E-state index contributed by atoms with van der Waals surface area (Å²) in [5.41, 5.74) is -1.21. The summed E-state index contributed by atoms with van der Waals surface area (Å²) in [7, 11) is 0. The maximum absolute atomic E-state index is 12.3. The molecule has 0 aromatic carbocycles. The fourth-order valence-electron chi connectivity index (χ4n) is 2.40. The van der Waals surface area contributed by atoms with Gasteiger partial charge in [-0.2, -0.15) is 0 Å². The lowest BCUT2D eigenvalue weighted by molar-refractivity contribution is -0.150. The molecule has 7 nitrogen and oxygen atoms in total. The highest BCUT2D eigenvalue weighted by molar-refractivity contribution is 5.90. The fraction of sp³-hybridized carbons (Fsp3) is 0.786. The summed E-state index contributed by atoms with van der Waals surface area (Å²) < 4.78 is 0. The van der Waals surface area contributed by atoms with Gasteiger partial charge in [0.2, 0.25) is 5.91 Å². The van der Waals surface area contributed by atoms with E-state index in [1.165, 1.54) is 4.90 Å². The Balaban J connectivity index is 2.68. The molecule has 0 aromatic rings. The van der Waals surface area contributed by atoms with Crippen molar-refractivity contribution in [3.8, 4) is 0 Å². The van der Waals surface area contributed by atoms with Crippen LogP contribution < -0.4 is 10.6 Å². The monoisotopic (exact) mass is 299 g/mol. The van der Waals surface area contributed by atoms with E-state index in [0.717, 1.165) is 19.3 Å². The number of amides is 3. The molecular weight excluding hydrogens is 274 g/mol. The third-order valence-corrected chi connectivity index (χ3v) is 3.88. The Bertz CT molecular complexity index is 413. The summed E-state index contributed by atoms with van der Waals surface area (Å²) >= 11 is 0. The molecule has 0 spiro atoms. The summed E-state index contributed by atoms with van der Waals surface area (Å²) in [6.07, 6.45) is 2.79. The predicted molar refractivity (Wildman–Crippen MR) is 77.9 cm³/mol. The van der Waals surface area contributed by atoms with Gasteiger partial charge in [-0.1, -0.05) is 6.92 Å². The Hall–Kier alpha value is -1.79. The molecule has 0 aromatic heterocycles. The quantitative estimate of drug-likeness (QED) is 0.703. The molecule has 0 aliphatic carbocycles. The van der Waals surface area contributed by atoms with Gasteiger partial charge in [0.25, 0.3) is 0 Å². The second-order valence-corrected chi connectivity index (χ2v) is 5.65. The van der Waals surface area contributed by atoms with E-state index in [1.54, 1.807) is 13.8 Å². The molecule has 1 rings (SSSR count). The molecule has 1 aliphatic heterocycles. The molecule has 21 heavy (non-hydrogen) atoms. The summed E-state index contributed by atoms with van der Waals surface area (Å²) in [5, 5.41) is 14.7. The number of piperidine rings is 1. The van der Waals surface area contributed by atoms with Crippen LogP contribution in [0.5, 0.6) is 0 Å². The topological polar surface area (TPSA) is 98.7 Å². The minimum atomic E-state index is -1.21. The maximum Gasteiger partial charge on any atom is 0.329 e. The number of rotatable bonds is 5. The molecular formula is C14H25N3O4. The number of carboxylic acids is 1. The molecule has 2 unspecified atom stereocenters. The fourth-order valence-corrected chi connectivity index (χ4v) is 2.40. The molecule has 0 bridgehead atoms. The molecule has 3 N–H and O–H groups in total. The predicted octanol–water partition coefficient (Wildman–Crippen LogP) is 0.940. The Labute approximate surface area is 125 Å². The van der Waals surface area contributed by atoms with Crippen LogP contribution in [0.2, 0.25) is 0 Å². The van der Waals surface area contributed by atoms with Gasteiger partial charge in [-0.15, -0.1) is 0 Å². The van der Waals surface area contributed by atoms with Crippen LogP contribution in [-0.2, 0) is 9.59 Å². The Morgan fingerprint density at radius 1 is 1.33 bits per heavy atom. The zero-order valence-electron chi connectivity index (χ0n) is 12.9. The van der Waals surface area contributed by atoms with Gasteiger partial charge >= 0.3 is 12.0 Å². The van der Waals surface area contributed by atoms with Crippen LogP contribution in [0.3, 0.4) is 0 Å². The van der Waals surface area contributed by atoms with E-state index < -0.39 is 23.6 Å². The van der Waals surface area contributed by atoms with Gasteiger partial charge in [0.1, 0.15) is 11.6 Å². The number of nitrogens with zero attached hydrogens (tertiary/aromatic N) is 1. The standard InChI is InChI=1S/C14H25N3O4/c1-4-8-15-11(18)10(2)16-13(21)17-9-6-5-7-14(17,3)12(19)20/h10H,4-9H2,1-3H3,(H,15,18)(H,16,21)(H,19,20). The zero-order chi connectivity index (χ0) is 16.0. The largest absolute Gasteiger partial charge is 0.480 e. The third-order valence-electron chi connectivity index (χ3n) is 3.88. The van der Waals surface area contributed by atoms with E-state index in [0.29, 0.717) is 19.5 Å². The first kappa shape index (κ1) is 17.3. The van der Waals surface area contributed by atoms with Crippen LogP contribution in [-0.4, -0.2) is 52.6 Å². The van der Waals surface area contributed by atoms with Gasteiger partial charge < -0.3 is 20.6 Å². The van der Waals surface area contributed by atoms with Crippen molar-refractivity contribution in [2.75, 3.05) is 13.1 Å². The first-order valence-electron chi connectivity index (χ1n) is 7.42. The lowest BCUT2D eigenvalue weighted by atomic mass is 9.89. The number of carbonyl (C=O) groups is 3. The van der Waals surface area contributed by atoms with Gasteiger partial charge in [0.15, 0.2) is 0 Å². The van der Waals surface area contributed by atoms with Crippen LogP contribution in [0, 0.1) is 0 Å². The summed E-state index contributed by atoms with van der Waals surface area (Å²) in [4.78, 5) is 36.8. The van der Waals surface area contributed by atoms with E-state index in [1.807, 2.05) is 6.92 Å². The molecule has 120 valence electrons. The number of nitrogens with one attached hydrogen (secondary N) is 2. The number of hydrogen-bond acceptors (Lipinski definition) is 3. The number of urea groups is 1. The van der Waals surface area contributed by atoms with Gasteiger partial charge in [0, 0.05) is 13.1 Å². The number of hydrogen-bond donors (Lipinski definition) is 3. The maximum atomic E-state index is 12.3. The number of carboxylic acid groups (broad SMARTS) is 1. The molecule has 1 aliphatic rings. The molecule has 1 fully saturated rings. The van der Waals surface area contributed by atoms with E-state index >= 15 is 0 Å². The van der Waals surface area contributed by atoms with E-state index in [-0.39, 0.29) is 5.91 Å². The highest BCUT2D eigenvalue weighted by Crippen LogP contribution is 2.28. The van der Waals surface area contributed by atoms with Crippen LogP contribution in [0.25, 0.3) is 0 Å². The van der Waals surface area contributed by atoms with Crippen LogP contribution in [0.1, 0.15) is 46.5 Å². The van der Waals surface area contributed by atoms with Gasteiger partial charge in [-0.25, -0.2) is 9.59 Å². The average Bonchev–Trinajstić information content (AvgIpc) is 2.44. The number of aliphatic carboxylic acids is 1. The molecule has 0 radical (unpaired) electrons. The zero-order valence-corrected chi connectivity index (χ0v) is 12.9. The molecule has 7 heteroatoms. The van der Waals surface area contributed by atoms with Crippen LogP contribution >= 0.6 is 0 Å². The minimum Gasteiger partial charge on any atom is -0.480 e. The Kier molecular flexibility index (Phi) is 5.99. The molecule has 2 atom stereocenters. The molecule has 1 saturated heterocycles. The van der Waals surface area contributed by atoms with E-state index in [2.05, 4.69) is 10.6 Å². The van der Waals surface area contributed by atoms with Gasteiger partial charge in [0.05, 0.1) is 0 Å². The molecule has 0 saturated carbocycles.